The van der Waals surface area contributed by atoms with E-state index in [1.807, 2.05) is 12.1 Å². The van der Waals surface area contributed by atoms with Gasteiger partial charge in [-0.1, -0.05) is 15.9 Å². The molecule has 0 radical (unpaired) electrons. The minimum Gasteiger partial charge on any atom is -0.393 e. The molecule has 0 saturated carbocycles. The summed E-state index contributed by atoms with van der Waals surface area (Å²) in [5.74, 6) is 0. The summed E-state index contributed by atoms with van der Waals surface area (Å²) in [7, 11) is 0. The summed E-state index contributed by atoms with van der Waals surface area (Å²) in [5.41, 5.74) is 2.19. The van der Waals surface area contributed by atoms with Gasteiger partial charge in [0.05, 0.1) is 6.10 Å². The minimum atomic E-state index is -0.300. The number of nitrogens with one attached hydrogen (secondary N) is 1. The first-order valence-electron chi connectivity index (χ1n) is 4.60. The molecule has 0 fully saturated rings. The van der Waals surface area contributed by atoms with E-state index in [1.165, 1.54) is 5.39 Å². The molecule has 1 aromatic heterocycles. The zero-order valence-corrected chi connectivity index (χ0v) is 9.51. The van der Waals surface area contributed by atoms with Gasteiger partial charge in [0, 0.05) is 27.5 Å². The van der Waals surface area contributed by atoms with E-state index in [0.717, 1.165) is 15.7 Å². The van der Waals surface area contributed by atoms with Gasteiger partial charge < -0.3 is 10.1 Å². The van der Waals surface area contributed by atoms with Gasteiger partial charge in [-0.3, -0.25) is 0 Å². The number of halogens is 1. The molecule has 1 aromatic carbocycles. The first-order valence-corrected chi connectivity index (χ1v) is 5.39. The fourth-order valence-corrected chi connectivity index (χ4v) is 1.97. The van der Waals surface area contributed by atoms with E-state index >= 15 is 0 Å². The number of benzene rings is 1. The molecule has 2 aromatic rings. The highest BCUT2D eigenvalue weighted by atomic mass is 79.9. The second-order valence-corrected chi connectivity index (χ2v) is 4.49. The average Bonchev–Trinajstić information content (AvgIpc) is 2.44. The molecule has 2 N–H and O–H groups in total. The Kier molecular flexibility index (Phi) is 2.61. The SMILES string of the molecule is C[C@@H](O)Cc1cc2cc(Br)ccc2[nH]1. The lowest BCUT2D eigenvalue weighted by molar-refractivity contribution is 0.194. The quantitative estimate of drug-likeness (QED) is 0.849. The number of aliphatic hydroxyl groups is 1. The van der Waals surface area contributed by atoms with Crippen molar-refractivity contribution in [3.63, 3.8) is 0 Å². The Labute approximate surface area is 91.1 Å². The third-order valence-electron chi connectivity index (χ3n) is 2.15. The van der Waals surface area contributed by atoms with Crippen LogP contribution in [0.4, 0.5) is 0 Å². The summed E-state index contributed by atoms with van der Waals surface area (Å²) in [6, 6.07) is 8.18. The zero-order chi connectivity index (χ0) is 10.1. The molecule has 2 rings (SSSR count). The standard InChI is InChI=1S/C11H12BrNO/c1-7(14)4-10-6-8-5-9(12)2-3-11(8)13-10/h2-3,5-7,13-14H,4H2,1H3/t7-/m1/s1. The maximum absolute atomic E-state index is 9.26. The normalized spacial score (nSPS) is 13.4. The van der Waals surface area contributed by atoms with Crippen LogP contribution in [0, 0.1) is 0 Å². The molecule has 0 aliphatic carbocycles. The third kappa shape index (κ3) is 1.99. The van der Waals surface area contributed by atoms with Gasteiger partial charge in [-0.25, -0.2) is 0 Å². The molecule has 0 unspecified atom stereocenters. The van der Waals surface area contributed by atoms with Crippen molar-refractivity contribution < 1.29 is 5.11 Å². The Hall–Kier alpha value is -0.800. The van der Waals surface area contributed by atoms with E-state index in [0.29, 0.717) is 6.42 Å². The predicted molar refractivity (Wildman–Crippen MR) is 61.4 cm³/mol. The van der Waals surface area contributed by atoms with Crippen LogP contribution >= 0.6 is 15.9 Å². The molecule has 1 heterocycles. The van der Waals surface area contributed by atoms with E-state index in [9.17, 15) is 5.11 Å². The first-order chi connectivity index (χ1) is 6.65. The molecule has 0 aliphatic heterocycles. The van der Waals surface area contributed by atoms with Crippen LogP contribution in [0.15, 0.2) is 28.7 Å². The molecule has 74 valence electrons. The maximum Gasteiger partial charge on any atom is 0.0566 e. The van der Waals surface area contributed by atoms with E-state index < -0.39 is 0 Å². The fourth-order valence-electron chi connectivity index (χ4n) is 1.59. The second-order valence-electron chi connectivity index (χ2n) is 3.58. The lowest BCUT2D eigenvalue weighted by Crippen LogP contribution is -2.03. The number of aliphatic hydroxyl groups excluding tert-OH is 1. The molecule has 0 bridgehead atoms. The minimum absolute atomic E-state index is 0.300. The molecule has 14 heavy (non-hydrogen) atoms. The molecule has 2 nitrogen and oxygen atoms in total. The fraction of sp³-hybridized carbons (Fsp3) is 0.273. The first kappa shape index (κ1) is 9.74. The molecule has 0 amide bonds. The van der Waals surface area contributed by atoms with Gasteiger partial charge in [-0.15, -0.1) is 0 Å². The van der Waals surface area contributed by atoms with Crippen molar-refractivity contribution in [2.24, 2.45) is 0 Å². The maximum atomic E-state index is 9.26. The Bertz CT molecular complexity index is 447. The predicted octanol–water partition coefficient (Wildman–Crippen LogP) is 2.85. The monoisotopic (exact) mass is 253 g/mol. The summed E-state index contributed by atoms with van der Waals surface area (Å²) < 4.78 is 1.08. The topological polar surface area (TPSA) is 36.0 Å². The lowest BCUT2D eigenvalue weighted by Gasteiger charge is -1.99. The van der Waals surface area contributed by atoms with Gasteiger partial charge in [-0.05, 0) is 31.2 Å². The van der Waals surface area contributed by atoms with Crippen LogP contribution in [0.3, 0.4) is 0 Å². The summed E-state index contributed by atoms with van der Waals surface area (Å²) >= 11 is 3.43. The van der Waals surface area contributed by atoms with Crippen molar-refractivity contribution >= 4 is 26.8 Å². The van der Waals surface area contributed by atoms with E-state index in [4.69, 9.17) is 0 Å². The lowest BCUT2D eigenvalue weighted by atomic mass is 10.2. The van der Waals surface area contributed by atoms with E-state index in [-0.39, 0.29) is 6.10 Å². The Morgan fingerprint density at radius 2 is 2.21 bits per heavy atom. The van der Waals surface area contributed by atoms with Gasteiger partial charge in [0.2, 0.25) is 0 Å². The number of hydrogen-bond donors (Lipinski definition) is 2. The number of rotatable bonds is 2. The second kappa shape index (κ2) is 3.75. The highest BCUT2D eigenvalue weighted by molar-refractivity contribution is 9.10. The number of aromatic amines is 1. The van der Waals surface area contributed by atoms with E-state index in [2.05, 4.69) is 33.0 Å². The van der Waals surface area contributed by atoms with Crippen molar-refractivity contribution in [2.45, 2.75) is 19.4 Å². The van der Waals surface area contributed by atoms with Crippen LogP contribution in [-0.2, 0) is 6.42 Å². The smallest absolute Gasteiger partial charge is 0.0566 e. The highest BCUT2D eigenvalue weighted by Gasteiger charge is 2.03. The van der Waals surface area contributed by atoms with Crippen LogP contribution in [0.5, 0.6) is 0 Å². The molecule has 0 saturated heterocycles. The van der Waals surface area contributed by atoms with Crippen molar-refractivity contribution in [3.8, 4) is 0 Å². The molecular formula is C11H12BrNO. The summed E-state index contributed by atoms with van der Waals surface area (Å²) in [4.78, 5) is 3.27. The van der Waals surface area contributed by atoms with Crippen LogP contribution in [-0.4, -0.2) is 16.2 Å². The van der Waals surface area contributed by atoms with E-state index in [1.54, 1.807) is 6.92 Å². The van der Waals surface area contributed by atoms with Gasteiger partial charge in [0.1, 0.15) is 0 Å². The molecule has 0 spiro atoms. The van der Waals surface area contributed by atoms with Gasteiger partial charge in [0.15, 0.2) is 0 Å². The highest BCUT2D eigenvalue weighted by Crippen LogP contribution is 2.20. The van der Waals surface area contributed by atoms with Crippen molar-refractivity contribution in [3.05, 3.63) is 34.4 Å². The van der Waals surface area contributed by atoms with Crippen molar-refractivity contribution in [1.29, 1.82) is 0 Å². The Morgan fingerprint density at radius 3 is 2.93 bits per heavy atom. The summed E-state index contributed by atoms with van der Waals surface area (Å²) in [5, 5.41) is 10.4. The molecule has 0 aliphatic rings. The van der Waals surface area contributed by atoms with Crippen molar-refractivity contribution in [1.82, 2.24) is 4.98 Å². The average molecular weight is 254 g/mol. The summed E-state index contributed by atoms with van der Waals surface area (Å²) in [6.07, 6.45) is 0.373. The van der Waals surface area contributed by atoms with Crippen LogP contribution in [0.25, 0.3) is 10.9 Å². The molecular weight excluding hydrogens is 242 g/mol. The van der Waals surface area contributed by atoms with Crippen LogP contribution in [0.2, 0.25) is 0 Å². The molecule has 1 atom stereocenters. The third-order valence-corrected chi connectivity index (χ3v) is 2.65. The number of fused-ring (bicyclic) bond motifs is 1. The largest absolute Gasteiger partial charge is 0.393 e. The van der Waals surface area contributed by atoms with Gasteiger partial charge in [-0.2, -0.15) is 0 Å². The number of hydrogen-bond acceptors (Lipinski definition) is 1. The van der Waals surface area contributed by atoms with Gasteiger partial charge >= 0.3 is 0 Å². The number of H-pyrrole nitrogens is 1. The van der Waals surface area contributed by atoms with Crippen LogP contribution < -0.4 is 0 Å². The molecule has 3 heteroatoms. The Balaban J connectivity index is 2.41. The number of aromatic nitrogens is 1. The van der Waals surface area contributed by atoms with Gasteiger partial charge in [0.25, 0.3) is 0 Å². The van der Waals surface area contributed by atoms with Crippen molar-refractivity contribution in [2.75, 3.05) is 0 Å². The summed E-state index contributed by atoms with van der Waals surface area (Å²) in [6.45, 7) is 1.79. The Morgan fingerprint density at radius 1 is 1.43 bits per heavy atom. The van der Waals surface area contributed by atoms with Crippen LogP contribution in [0.1, 0.15) is 12.6 Å². The zero-order valence-electron chi connectivity index (χ0n) is 7.92.